The van der Waals surface area contributed by atoms with Crippen molar-refractivity contribution in [3.63, 3.8) is 0 Å². The summed E-state index contributed by atoms with van der Waals surface area (Å²) < 4.78 is 10.5. The van der Waals surface area contributed by atoms with E-state index < -0.39 is 0 Å². The van der Waals surface area contributed by atoms with Gasteiger partial charge in [0.2, 0.25) is 0 Å². The van der Waals surface area contributed by atoms with Gasteiger partial charge >= 0.3 is 0 Å². The lowest BCUT2D eigenvalue weighted by Gasteiger charge is -2.05. The summed E-state index contributed by atoms with van der Waals surface area (Å²) >= 11 is 0. The van der Waals surface area contributed by atoms with E-state index in [2.05, 4.69) is 18.6 Å². The summed E-state index contributed by atoms with van der Waals surface area (Å²) in [6, 6.07) is 0. The minimum Gasteiger partial charge on any atom is -0.394 e. The fraction of sp³-hybridized carbons (Fsp3) is 1.00. The second kappa shape index (κ2) is 43.3. The molecule has 0 spiro atoms. The van der Waals surface area contributed by atoms with Gasteiger partial charge in [-0.2, -0.15) is 0 Å². The first-order chi connectivity index (χ1) is 19.8. The van der Waals surface area contributed by atoms with Crippen LogP contribution in [-0.2, 0) is 9.47 Å². The van der Waals surface area contributed by atoms with Crippen LogP contribution in [0, 0.1) is 0 Å². The third kappa shape index (κ3) is 44.8. The molecule has 2 N–H and O–H groups in total. The third-order valence-electron chi connectivity index (χ3n) is 7.76. The van der Waals surface area contributed by atoms with Crippen molar-refractivity contribution in [2.75, 3.05) is 39.6 Å². The molecule has 0 aliphatic carbocycles. The highest BCUT2D eigenvalue weighted by Crippen LogP contribution is 2.14. The summed E-state index contributed by atoms with van der Waals surface area (Å²) in [5.41, 5.74) is 0. The van der Waals surface area contributed by atoms with Crippen LogP contribution < -0.4 is 0 Å². The van der Waals surface area contributed by atoms with Gasteiger partial charge in [0.1, 0.15) is 0 Å². The molecule has 0 rings (SSSR count). The van der Waals surface area contributed by atoms with Gasteiger partial charge in [0.15, 0.2) is 0 Å². The number of hydrogen-bond acceptors (Lipinski definition) is 4. The van der Waals surface area contributed by atoms with E-state index in [4.69, 9.17) is 14.9 Å². The first-order valence-electron chi connectivity index (χ1n) is 18.2. The normalized spacial score (nSPS) is 11.1. The van der Waals surface area contributed by atoms with Gasteiger partial charge in [-0.3, -0.25) is 0 Å². The lowest BCUT2D eigenvalue weighted by atomic mass is 10.0. The van der Waals surface area contributed by atoms with Gasteiger partial charge in [0.25, 0.3) is 0 Å². The largest absolute Gasteiger partial charge is 0.394 e. The highest BCUT2D eigenvalue weighted by molar-refractivity contribution is 4.51. The monoisotopic (exact) mass is 573 g/mol. The number of unbranched alkanes of at least 4 members (excludes halogenated alkanes) is 26. The van der Waals surface area contributed by atoms with Crippen LogP contribution in [0.5, 0.6) is 0 Å². The molecule has 0 atom stereocenters. The van der Waals surface area contributed by atoms with Crippen LogP contribution in [0.1, 0.15) is 194 Å². The van der Waals surface area contributed by atoms with Crippen LogP contribution in [0.25, 0.3) is 0 Å². The van der Waals surface area contributed by atoms with Gasteiger partial charge in [0, 0.05) is 13.2 Å². The van der Waals surface area contributed by atoms with Crippen LogP contribution in [0.3, 0.4) is 0 Å². The zero-order valence-corrected chi connectivity index (χ0v) is 27.8. The zero-order valence-electron chi connectivity index (χ0n) is 27.8. The molecule has 0 radical (unpaired) electrons. The first-order valence-corrected chi connectivity index (χ1v) is 18.2. The molecule has 4 heteroatoms. The van der Waals surface area contributed by atoms with E-state index in [-0.39, 0.29) is 13.2 Å². The summed E-state index contributed by atoms with van der Waals surface area (Å²) in [5.74, 6) is 0. The Morgan fingerprint density at radius 3 is 0.700 bits per heavy atom. The zero-order chi connectivity index (χ0) is 29.5. The van der Waals surface area contributed by atoms with Crippen molar-refractivity contribution in [1.82, 2.24) is 0 Å². The fourth-order valence-corrected chi connectivity index (χ4v) is 5.13. The number of rotatable bonds is 34. The minimum absolute atomic E-state index is 0.0278. The van der Waals surface area contributed by atoms with Crippen LogP contribution in [0.4, 0.5) is 0 Å². The average molecular weight is 573 g/mol. The van der Waals surface area contributed by atoms with E-state index >= 15 is 0 Å². The molecular weight excluding hydrogens is 496 g/mol. The molecule has 0 fully saturated rings. The van der Waals surface area contributed by atoms with Gasteiger partial charge < -0.3 is 19.7 Å². The molecule has 0 heterocycles. The van der Waals surface area contributed by atoms with Gasteiger partial charge in [-0.05, 0) is 12.8 Å². The van der Waals surface area contributed by atoms with Gasteiger partial charge in [0.05, 0.1) is 26.4 Å². The predicted octanol–water partition coefficient (Wildman–Crippen LogP) is 11.0. The fourth-order valence-electron chi connectivity index (χ4n) is 5.13. The van der Waals surface area contributed by atoms with Crippen molar-refractivity contribution in [2.24, 2.45) is 0 Å². The quantitative estimate of drug-likeness (QED) is 0.0753. The SMILES string of the molecule is CCCCCCCCCCCCCCCCOCCCCCCCCCCCCCCCC.OCCOCCO. The molecule has 0 aromatic carbocycles. The Morgan fingerprint density at radius 1 is 0.275 bits per heavy atom. The van der Waals surface area contributed by atoms with Crippen molar-refractivity contribution in [3.8, 4) is 0 Å². The van der Waals surface area contributed by atoms with Crippen LogP contribution >= 0.6 is 0 Å². The van der Waals surface area contributed by atoms with Crippen molar-refractivity contribution >= 4 is 0 Å². The van der Waals surface area contributed by atoms with E-state index in [1.54, 1.807) is 0 Å². The Morgan fingerprint density at radius 2 is 0.475 bits per heavy atom. The molecule has 0 aliphatic heterocycles. The number of aliphatic hydroxyl groups excluding tert-OH is 2. The highest BCUT2D eigenvalue weighted by Gasteiger charge is 1.96. The molecule has 40 heavy (non-hydrogen) atoms. The van der Waals surface area contributed by atoms with E-state index in [9.17, 15) is 0 Å². The number of aliphatic hydroxyl groups is 2. The number of ether oxygens (including phenoxy) is 2. The van der Waals surface area contributed by atoms with Gasteiger partial charge in [-0.25, -0.2) is 0 Å². The smallest absolute Gasteiger partial charge is 0.0698 e. The molecule has 0 amide bonds. The maximum Gasteiger partial charge on any atom is 0.0698 e. The Kier molecular flexibility index (Phi) is 45.4. The molecule has 4 nitrogen and oxygen atoms in total. The Labute approximate surface area is 252 Å². The van der Waals surface area contributed by atoms with Crippen LogP contribution in [0.15, 0.2) is 0 Å². The molecule has 0 saturated carbocycles. The molecule has 0 bridgehead atoms. The molecule has 244 valence electrons. The van der Waals surface area contributed by atoms with Crippen molar-refractivity contribution in [1.29, 1.82) is 0 Å². The maximum absolute atomic E-state index is 8.09. The van der Waals surface area contributed by atoms with Gasteiger partial charge in [-0.1, -0.05) is 181 Å². The van der Waals surface area contributed by atoms with Crippen molar-refractivity contribution < 1.29 is 19.7 Å². The molecule has 0 saturated heterocycles. The predicted molar refractivity (Wildman–Crippen MR) is 176 cm³/mol. The molecule has 0 unspecified atom stereocenters. The first kappa shape index (κ1) is 42.0. The molecular formula is C36H76O4. The highest BCUT2D eigenvalue weighted by atomic mass is 16.5. The van der Waals surface area contributed by atoms with E-state index in [1.807, 2.05) is 0 Å². The second-order valence-electron chi connectivity index (χ2n) is 11.9. The van der Waals surface area contributed by atoms with E-state index in [0.29, 0.717) is 13.2 Å². The molecule has 0 aromatic rings. The lowest BCUT2D eigenvalue weighted by molar-refractivity contribution is 0.0650. The minimum atomic E-state index is 0.0278. The summed E-state index contributed by atoms with van der Waals surface area (Å²) in [4.78, 5) is 0. The topological polar surface area (TPSA) is 58.9 Å². The third-order valence-corrected chi connectivity index (χ3v) is 7.76. The van der Waals surface area contributed by atoms with Crippen molar-refractivity contribution in [3.05, 3.63) is 0 Å². The van der Waals surface area contributed by atoms with Crippen molar-refractivity contribution in [2.45, 2.75) is 194 Å². The van der Waals surface area contributed by atoms with Crippen LogP contribution in [-0.4, -0.2) is 49.9 Å². The summed E-state index contributed by atoms with van der Waals surface area (Å²) in [7, 11) is 0. The van der Waals surface area contributed by atoms with Gasteiger partial charge in [-0.15, -0.1) is 0 Å². The van der Waals surface area contributed by atoms with E-state index in [0.717, 1.165) is 13.2 Å². The maximum atomic E-state index is 8.09. The Hall–Kier alpha value is -0.160. The molecule has 0 aromatic heterocycles. The lowest BCUT2D eigenvalue weighted by Crippen LogP contribution is -2.03. The van der Waals surface area contributed by atoms with E-state index in [1.165, 1.54) is 180 Å². The molecule has 0 aliphatic rings. The Bertz CT molecular complexity index is 357. The Balaban J connectivity index is 0. The summed E-state index contributed by atoms with van der Waals surface area (Å²) in [6.45, 7) is 7.29. The number of hydrogen-bond donors (Lipinski definition) is 2. The average Bonchev–Trinajstić information content (AvgIpc) is 2.97. The standard InChI is InChI=1S/C32H66O.C4H10O3/c1-3-5-7-9-11-13-15-17-19-21-23-25-27-29-31-33-32-30-28-26-24-22-20-18-16-14-12-10-8-6-4-2;5-1-3-7-4-2-6/h3-32H2,1-2H3;5-6H,1-4H2. The second-order valence-corrected chi connectivity index (χ2v) is 11.9. The summed E-state index contributed by atoms with van der Waals surface area (Å²) in [6.07, 6.45) is 40.1. The summed E-state index contributed by atoms with van der Waals surface area (Å²) in [5, 5.41) is 16.2. The van der Waals surface area contributed by atoms with Crippen LogP contribution in [0.2, 0.25) is 0 Å².